The first kappa shape index (κ1) is 30.7. The molecule has 9 heteroatoms. The van der Waals surface area contributed by atoms with Crippen LogP contribution in [0.25, 0.3) is 0 Å². The van der Waals surface area contributed by atoms with Crippen molar-refractivity contribution >= 4 is 27.5 Å². The van der Waals surface area contributed by atoms with Crippen molar-refractivity contribution in [2.75, 3.05) is 24.5 Å². The number of amides is 2. The van der Waals surface area contributed by atoms with Gasteiger partial charge in [-0.15, -0.1) is 0 Å². The summed E-state index contributed by atoms with van der Waals surface area (Å²) < 4.78 is 34.5. The fourth-order valence-corrected chi connectivity index (χ4v) is 6.00. The number of benzene rings is 3. The highest BCUT2D eigenvalue weighted by Gasteiger charge is 2.34. The SMILES string of the molecule is CCNC(=O)C(CC)N(Cc1ccc(OC)cc1)C(=O)CN(c1ccccc1CC)S(=O)(=O)c1ccc(C)cc1. The summed E-state index contributed by atoms with van der Waals surface area (Å²) in [5.74, 6) is -0.0896. The first-order valence-electron chi connectivity index (χ1n) is 13.5. The minimum atomic E-state index is -4.11. The van der Waals surface area contributed by atoms with Crippen molar-refractivity contribution in [3.63, 3.8) is 0 Å². The molecule has 0 bridgehead atoms. The maximum absolute atomic E-state index is 14.1. The third-order valence-corrected chi connectivity index (χ3v) is 8.55. The molecule has 3 rings (SSSR count). The lowest BCUT2D eigenvalue weighted by Crippen LogP contribution is -2.52. The molecule has 0 saturated heterocycles. The van der Waals surface area contributed by atoms with Gasteiger partial charge in [-0.1, -0.05) is 61.9 Å². The fraction of sp³-hybridized carbons (Fsp3) is 0.355. The Bertz CT molecular complexity index is 1390. The van der Waals surface area contributed by atoms with Crippen molar-refractivity contribution in [2.24, 2.45) is 0 Å². The van der Waals surface area contributed by atoms with E-state index in [0.29, 0.717) is 30.8 Å². The van der Waals surface area contributed by atoms with Crippen molar-refractivity contribution in [1.29, 1.82) is 0 Å². The molecule has 0 heterocycles. The lowest BCUT2D eigenvalue weighted by Gasteiger charge is -2.33. The van der Waals surface area contributed by atoms with Gasteiger partial charge < -0.3 is 15.0 Å². The van der Waals surface area contributed by atoms with Crippen LogP contribution in [0.15, 0.2) is 77.7 Å². The van der Waals surface area contributed by atoms with Gasteiger partial charge >= 0.3 is 0 Å². The van der Waals surface area contributed by atoms with Crippen LogP contribution in [0.2, 0.25) is 0 Å². The molecular formula is C31H39N3O5S. The first-order valence-corrected chi connectivity index (χ1v) is 15.0. The average Bonchev–Trinajstić information content (AvgIpc) is 2.96. The van der Waals surface area contributed by atoms with Gasteiger partial charge in [0.25, 0.3) is 10.0 Å². The summed E-state index contributed by atoms with van der Waals surface area (Å²) in [6.07, 6.45) is 0.945. The molecule has 0 radical (unpaired) electrons. The minimum Gasteiger partial charge on any atom is -0.497 e. The Morgan fingerprint density at radius 3 is 2.15 bits per heavy atom. The summed E-state index contributed by atoms with van der Waals surface area (Å²) in [6, 6.07) is 20.2. The van der Waals surface area contributed by atoms with E-state index in [9.17, 15) is 18.0 Å². The normalized spacial score (nSPS) is 11.9. The molecule has 3 aromatic carbocycles. The molecule has 0 aliphatic rings. The number of ether oxygens (including phenoxy) is 1. The van der Waals surface area contributed by atoms with Crippen LogP contribution in [0.3, 0.4) is 0 Å². The van der Waals surface area contributed by atoms with Crippen molar-refractivity contribution in [2.45, 2.75) is 58.0 Å². The number of sulfonamides is 1. The smallest absolute Gasteiger partial charge is 0.264 e. The fourth-order valence-electron chi connectivity index (χ4n) is 4.54. The Labute approximate surface area is 238 Å². The van der Waals surface area contributed by atoms with E-state index in [1.54, 1.807) is 55.6 Å². The highest BCUT2D eigenvalue weighted by atomic mass is 32.2. The molecular weight excluding hydrogens is 526 g/mol. The summed E-state index contributed by atoms with van der Waals surface area (Å²) in [7, 11) is -2.53. The van der Waals surface area contributed by atoms with E-state index in [4.69, 9.17) is 4.74 Å². The van der Waals surface area contributed by atoms with Crippen LogP contribution < -0.4 is 14.4 Å². The maximum Gasteiger partial charge on any atom is 0.264 e. The number of methoxy groups -OCH3 is 1. The van der Waals surface area contributed by atoms with Gasteiger partial charge in [0.15, 0.2) is 0 Å². The van der Waals surface area contributed by atoms with E-state index < -0.39 is 28.5 Å². The second-order valence-electron chi connectivity index (χ2n) is 9.50. The predicted molar refractivity (Wildman–Crippen MR) is 158 cm³/mol. The molecule has 0 aliphatic carbocycles. The zero-order valence-electron chi connectivity index (χ0n) is 23.9. The largest absolute Gasteiger partial charge is 0.497 e. The van der Waals surface area contributed by atoms with E-state index in [1.165, 1.54) is 9.21 Å². The van der Waals surface area contributed by atoms with Gasteiger partial charge in [0.1, 0.15) is 18.3 Å². The number of anilines is 1. The maximum atomic E-state index is 14.1. The van der Waals surface area contributed by atoms with E-state index in [2.05, 4.69) is 5.32 Å². The topological polar surface area (TPSA) is 96.0 Å². The molecule has 40 heavy (non-hydrogen) atoms. The molecule has 0 saturated carbocycles. The molecule has 1 N–H and O–H groups in total. The van der Waals surface area contributed by atoms with E-state index in [1.807, 2.05) is 52.0 Å². The van der Waals surface area contributed by atoms with Gasteiger partial charge in [-0.2, -0.15) is 0 Å². The average molecular weight is 566 g/mol. The molecule has 214 valence electrons. The molecule has 0 aliphatic heterocycles. The molecule has 0 aromatic heterocycles. The van der Waals surface area contributed by atoms with Crippen molar-refractivity contribution in [3.05, 3.63) is 89.5 Å². The molecule has 1 atom stereocenters. The van der Waals surface area contributed by atoms with Gasteiger partial charge in [0.2, 0.25) is 11.8 Å². The molecule has 2 amide bonds. The lowest BCUT2D eigenvalue weighted by atomic mass is 10.1. The number of para-hydroxylation sites is 1. The number of carbonyl (C=O) groups is 2. The highest BCUT2D eigenvalue weighted by molar-refractivity contribution is 7.92. The summed E-state index contributed by atoms with van der Waals surface area (Å²) >= 11 is 0. The number of likely N-dealkylation sites (N-methyl/N-ethyl adjacent to an activating group) is 1. The standard InChI is InChI=1S/C31H39N3O5S/c1-6-25-11-9-10-12-29(25)34(40(37,38)27-19-13-23(4)14-20-27)22-30(35)33(28(7-2)31(36)32-8-3)21-24-15-17-26(39-5)18-16-24/h9-20,28H,6-8,21-22H2,1-5H3,(H,32,36). The van der Waals surface area contributed by atoms with Crippen LogP contribution in [0, 0.1) is 6.92 Å². The number of rotatable bonds is 13. The lowest BCUT2D eigenvalue weighted by molar-refractivity contribution is -0.140. The molecule has 1 unspecified atom stereocenters. The van der Waals surface area contributed by atoms with Gasteiger partial charge in [-0.05, 0) is 68.1 Å². The Morgan fingerprint density at radius 2 is 1.57 bits per heavy atom. The number of hydrogen-bond acceptors (Lipinski definition) is 5. The van der Waals surface area contributed by atoms with E-state index >= 15 is 0 Å². The van der Waals surface area contributed by atoms with Crippen LogP contribution in [-0.4, -0.2) is 51.4 Å². The van der Waals surface area contributed by atoms with Crippen molar-refractivity contribution in [1.82, 2.24) is 10.2 Å². The Morgan fingerprint density at radius 1 is 0.925 bits per heavy atom. The van der Waals surface area contributed by atoms with E-state index in [-0.39, 0.29) is 17.3 Å². The monoisotopic (exact) mass is 565 g/mol. The van der Waals surface area contributed by atoms with Crippen LogP contribution in [0.5, 0.6) is 5.75 Å². The minimum absolute atomic E-state index is 0.0919. The number of nitrogens with zero attached hydrogens (tertiary/aromatic N) is 2. The van der Waals surface area contributed by atoms with Crippen LogP contribution in [0.1, 0.15) is 43.9 Å². The second-order valence-corrected chi connectivity index (χ2v) is 11.4. The van der Waals surface area contributed by atoms with Crippen LogP contribution in [-0.2, 0) is 32.6 Å². The molecule has 3 aromatic rings. The zero-order chi connectivity index (χ0) is 29.3. The summed E-state index contributed by atoms with van der Waals surface area (Å²) in [6.45, 7) is 7.56. The van der Waals surface area contributed by atoms with Crippen molar-refractivity contribution < 1.29 is 22.7 Å². The number of nitrogens with one attached hydrogen (secondary N) is 1. The van der Waals surface area contributed by atoms with E-state index in [0.717, 1.165) is 16.7 Å². The van der Waals surface area contributed by atoms with Gasteiger partial charge in [-0.3, -0.25) is 13.9 Å². The third kappa shape index (κ3) is 7.21. The van der Waals surface area contributed by atoms with Gasteiger partial charge in [-0.25, -0.2) is 8.42 Å². The highest BCUT2D eigenvalue weighted by Crippen LogP contribution is 2.28. The molecule has 0 spiro atoms. The van der Waals surface area contributed by atoms with Crippen molar-refractivity contribution in [3.8, 4) is 5.75 Å². The van der Waals surface area contributed by atoms with Gasteiger partial charge in [0.05, 0.1) is 17.7 Å². The Kier molecular flexibility index (Phi) is 10.7. The third-order valence-electron chi connectivity index (χ3n) is 6.78. The number of hydrogen-bond donors (Lipinski definition) is 1. The summed E-state index contributed by atoms with van der Waals surface area (Å²) in [4.78, 5) is 28.7. The number of aryl methyl sites for hydroxylation is 2. The summed E-state index contributed by atoms with van der Waals surface area (Å²) in [5.41, 5.74) is 2.95. The molecule has 0 fully saturated rings. The van der Waals surface area contributed by atoms with Crippen LogP contribution >= 0.6 is 0 Å². The Hall–Kier alpha value is -3.85. The zero-order valence-corrected chi connectivity index (χ0v) is 24.7. The number of carbonyl (C=O) groups excluding carboxylic acids is 2. The van der Waals surface area contributed by atoms with Crippen LogP contribution in [0.4, 0.5) is 5.69 Å². The predicted octanol–water partition coefficient (Wildman–Crippen LogP) is 4.70. The quantitative estimate of drug-likeness (QED) is 0.324. The first-order chi connectivity index (χ1) is 19.2. The Balaban J connectivity index is 2.08. The molecule has 8 nitrogen and oxygen atoms in total. The van der Waals surface area contributed by atoms with Gasteiger partial charge in [0, 0.05) is 13.1 Å². The summed E-state index contributed by atoms with van der Waals surface area (Å²) in [5, 5.41) is 2.82. The second kappa shape index (κ2) is 14.0.